The van der Waals surface area contributed by atoms with Crippen LogP contribution in [0.1, 0.15) is 43.5 Å². The van der Waals surface area contributed by atoms with Crippen LogP contribution in [0.15, 0.2) is 42.7 Å². The molecule has 2 N–H and O–H groups in total. The number of aromatic nitrogens is 1. The number of aliphatic hydroxyl groups is 1. The maximum Gasteiger partial charge on any atom is 0.141 e. The number of pyridine rings is 1. The van der Waals surface area contributed by atoms with Gasteiger partial charge in [0.1, 0.15) is 11.6 Å². The first-order chi connectivity index (χ1) is 10.5. The van der Waals surface area contributed by atoms with E-state index in [4.69, 9.17) is 0 Å². The van der Waals surface area contributed by atoms with Crippen molar-refractivity contribution in [1.29, 1.82) is 0 Å². The first kappa shape index (κ1) is 16.5. The average molecular weight is 306 g/mol. The molecule has 0 aliphatic heterocycles. The normalized spacial score (nSPS) is 15.3. The molecule has 0 aliphatic rings. The van der Waals surface area contributed by atoms with E-state index >= 15 is 0 Å². The summed E-state index contributed by atoms with van der Waals surface area (Å²) in [6.07, 6.45) is 2.57. The highest BCUT2D eigenvalue weighted by Crippen LogP contribution is 2.20. The molecule has 0 saturated carbocycles. The predicted molar refractivity (Wildman–Crippen MR) is 81.2 cm³/mol. The van der Waals surface area contributed by atoms with E-state index in [-0.39, 0.29) is 23.7 Å². The third-order valence-corrected chi connectivity index (χ3v) is 3.59. The number of nitrogens with one attached hydrogen (secondary N) is 1. The second-order valence-electron chi connectivity index (χ2n) is 5.53. The van der Waals surface area contributed by atoms with Crippen LogP contribution < -0.4 is 5.32 Å². The zero-order valence-electron chi connectivity index (χ0n) is 12.6. The van der Waals surface area contributed by atoms with Crippen molar-refractivity contribution >= 4 is 0 Å². The number of nitrogens with zero attached hydrogens (tertiary/aromatic N) is 1. The molecule has 0 unspecified atom stereocenters. The highest BCUT2D eigenvalue weighted by atomic mass is 19.1. The van der Waals surface area contributed by atoms with Gasteiger partial charge in [-0.05, 0) is 49.6 Å². The van der Waals surface area contributed by atoms with Crippen LogP contribution in [0.5, 0.6) is 0 Å². The Bertz CT molecular complexity index is 604. The second-order valence-corrected chi connectivity index (χ2v) is 5.53. The third kappa shape index (κ3) is 4.58. The maximum atomic E-state index is 13.2. The van der Waals surface area contributed by atoms with Crippen molar-refractivity contribution in [2.45, 2.75) is 38.5 Å². The molecule has 0 spiro atoms. The zero-order chi connectivity index (χ0) is 16.1. The third-order valence-electron chi connectivity index (χ3n) is 3.59. The Morgan fingerprint density at radius 2 is 1.73 bits per heavy atom. The summed E-state index contributed by atoms with van der Waals surface area (Å²) < 4.78 is 26.0. The summed E-state index contributed by atoms with van der Waals surface area (Å²) in [6, 6.07) is 7.17. The molecule has 0 fully saturated rings. The van der Waals surface area contributed by atoms with Crippen LogP contribution in [0.2, 0.25) is 0 Å². The molecular formula is C17H20F2N2O. The van der Waals surface area contributed by atoms with Crippen LogP contribution in [0.3, 0.4) is 0 Å². The van der Waals surface area contributed by atoms with Gasteiger partial charge in [0, 0.05) is 18.3 Å². The van der Waals surface area contributed by atoms with E-state index in [0.29, 0.717) is 12.0 Å². The number of benzene rings is 1. The summed E-state index contributed by atoms with van der Waals surface area (Å²) in [5.74, 6) is -0.695. The summed E-state index contributed by atoms with van der Waals surface area (Å²) in [5.41, 5.74) is 1.43. The van der Waals surface area contributed by atoms with Gasteiger partial charge in [-0.1, -0.05) is 12.1 Å². The summed E-state index contributed by atoms with van der Waals surface area (Å²) in [7, 11) is 0. The lowest BCUT2D eigenvalue weighted by atomic mass is 10.0. The molecular weight excluding hydrogens is 286 g/mol. The monoisotopic (exact) mass is 306 g/mol. The molecule has 2 aromatic rings. The standard InChI is InChI=1S/C17H20F2N2O/c1-11(7-17(22)13-3-5-15(18)6-4-13)21-12(2)14-8-16(19)10-20-9-14/h3-6,8-12,17,21-22H,7H2,1-2H3/t11-,12-,17+/m1/s1. The summed E-state index contributed by atoms with van der Waals surface area (Å²) in [6.45, 7) is 3.85. The Balaban J connectivity index is 1.91. The molecule has 2 rings (SSSR count). The SMILES string of the molecule is C[C@H](C[C@H](O)c1ccc(F)cc1)N[C@H](C)c1cncc(F)c1. The number of halogens is 2. The summed E-state index contributed by atoms with van der Waals surface area (Å²) in [4.78, 5) is 3.83. The summed E-state index contributed by atoms with van der Waals surface area (Å²) >= 11 is 0. The fraction of sp³-hybridized carbons (Fsp3) is 0.353. The molecule has 0 aliphatic carbocycles. The van der Waals surface area contributed by atoms with E-state index in [1.165, 1.54) is 18.2 Å². The largest absolute Gasteiger partial charge is 0.388 e. The van der Waals surface area contributed by atoms with Gasteiger partial charge in [0.2, 0.25) is 0 Å². The van der Waals surface area contributed by atoms with E-state index in [2.05, 4.69) is 10.3 Å². The van der Waals surface area contributed by atoms with Gasteiger partial charge >= 0.3 is 0 Å². The van der Waals surface area contributed by atoms with Crippen molar-refractivity contribution in [1.82, 2.24) is 10.3 Å². The second kappa shape index (κ2) is 7.42. The van der Waals surface area contributed by atoms with Crippen LogP contribution in [0.4, 0.5) is 8.78 Å². The fourth-order valence-corrected chi connectivity index (χ4v) is 2.41. The first-order valence-corrected chi connectivity index (χ1v) is 7.25. The molecule has 0 amide bonds. The number of hydrogen-bond acceptors (Lipinski definition) is 3. The Labute approximate surface area is 129 Å². The molecule has 5 heteroatoms. The van der Waals surface area contributed by atoms with Crippen molar-refractivity contribution < 1.29 is 13.9 Å². The minimum atomic E-state index is -0.680. The molecule has 1 aromatic carbocycles. The minimum absolute atomic E-state index is 0.00156. The first-order valence-electron chi connectivity index (χ1n) is 7.25. The van der Waals surface area contributed by atoms with E-state index in [9.17, 15) is 13.9 Å². The van der Waals surface area contributed by atoms with Gasteiger partial charge in [0.25, 0.3) is 0 Å². The van der Waals surface area contributed by atoms with Crippen LogP contribution >= 0.6 is 0 Å². The topological polar surface area (TPSA) is 45.1 Å². The molecule has 1 heterocycles. The van der Waals surface area contributed by atoms with Gasteiger partial charge in [0.05, 0.1) is 12.3 Å². The van der Waals surface area contributed by atoms with Gasteiger partial charge in [-0.25, -0.2) is 8.78 Å². The lowest BCUT2D eigenvalue weighted by Crippen LogP contribution is -2.30. The van der Waals surface area contributed by atoms with Crippen molar-refractivity contribution in [3.05, 3.63) is 65.5 Å². The van der Waals surface area contributed by atoms with Crippen molar-refractivity contribution in [3.63, 3.8) is 0 Å². The lowest BCUT2D eigenvalue weighted by Gasteiger charge is -2.22. The molecule has 0 radical (unpaired) electrons. The number of aliphatic hydroxyl groups excluding tert-OH is 1. The lowest BCUT2D eigenvalue weighted by molar-refractivity contribution is 0.152. The average Bonchev–Trinajstić information content (AvgIpc) is 2.47. The van der Waals surface area contributed by atoms with Crippen molar-refractivity contribution in [2.75, 3.05) is 0 Å². The molecule has 3 atom stereocenters. The maximum absolute atomic E-state index is 13.2. The minimum Gasteiger partial charge on any atom is -0.388 e. The Kier molecular flexibility index (Phi) is 5.57. The van der Waals surface area contributed by atoms with Crippen LogP contribution in [0.25, 0.3) is 0 Å². The van der Waals surface area contributed by atoms with Crippen LogP contribution in [0, 0.1) is 11.6 Å². The molecule has 0 bridgehead atoms. The van der Waals surface area contributed by atoms with Gasteiger partial charge in [0.15, 0.2) is 0 Å². The van der Waals surface area contributed by atoms with E-state index in [0.717, 1.165) is 11.8 Å². The highest BCUT2D eigenvalue weighted by molar-refractivity contribution is 5.19. The number of hydrogen-bond donors (Lipinski definition) is 2. The fourth-order valence-electron chi connectivity index (χ4n) is 2.41. The Morgan fingerprint density at radius 1 is 1.05 bits per heavy atom. The van der Waals surface area contributed by atoms with E-state index in [1.807, 2.05) is 13.8 Å². The number of rotatable bonds is 6. The van der Waals surface area contributed by atoms with Gasteiger partial charge in [-0.15, -0.1) is 0 Å². The predicted octanol–water partition coefficient (Wildman–Crippen LogP) is 3.52. The summed E-state index contributed by atoms with van der Waals surface area (Å²) in [5, 5.41) is 13.5. The van der Waals surface area contributed by atoms with Gasteiger partial charge in [-0.3, -0.25) is 4.98 Å². The van der Waals surface area contributed by atoms with E-state index < -0.39 is 6.10 Å². The molecule has 0 saturated heterocycles. The Hall–Kier alpha value is -1.85. The zero-order valence-corrected chi connectivity index (χ0v) is 12.6. The molecule has 22 heavy (non-hydrogen) atoms. The van der Waals surface area contributed by atoms with Crippen molar-refractivity contribution in [3.8, 4) is 0 Å². The van der Waals surface area contributed by atoms with Crippen molar-refractivity contribution in [2.24, 2.45) is 0 Å². The van der Waals surface area contributed by atoms with Crippen LogP contribution in [-0.4, -0.2) is 16.1 Å². The Morgan fingerprint density at radius 3 is 2.36 bits per heavy atom. The highest BCUT2D eigenvalue weighted by Gasteiger charge is 2.15. The van der Waals surface area contributed by atoms with Gasteiger partial charge in [-0.2, -0.15) is 0 Å². The quantitative estimate of drug-likeness (QED) is 0.858. The molecule has 3 nitrogen and oxygen atoms in total. The van der Waals surface area contributed by atoms with Crippen LogP contribution in [-0.2, 0) is 0 Å². The molecule has 1 aromatic heterocycles. The smallest absolute Gasteiger partial charge is 0.141 e. The van der Waals surface area contributed by atoms with Gasteiger partial charge < -0.3 is 10.4 Å². The van der Waals surface area contributed by atoms with E-state index in [1.54, 1.807) is 18.3 Å². The molecule has 118 valence electrons.